The van der Waals surface area contributed by atoms with Gasteiger partial charge < -0.3 is 19.5 Å². The largest absolute Gasteiger partial charge is 0.487 e. The molecule has 1 aromatic carbocycles. The number of ether oxygens (including phenoxy) is 1. The second-order valence-corrected chi connectivity index (χ2v) is 9.90. The minimum Gasteiger partial charge on any atom is -0.487 e. The number of benzene rings is 1. The third-order valence-electron chi connectivity index (χ3n) is 5.77. The fourth-order valence-corrected chi connectivity index (χ4v) is 5.97. The van der Waals surface area contributed by atoms with E-state index >= 15 is 0 Å². The molecule has 0 saturated carbocycles. The molecule has 0 spiro atoms. The zero-order chi connectivity index (χ0) is 21.3. The highest BCUT2D eigenvalue weighted by atomic mass is 32.2. The lowest BCUT2D eigenvalue weighted by Gasteiger charge is -2.32. The van der Waals surface area contributed by atoms with E-state index in [0.717, 1.165) is 0 Å². The molecule has 1 amide bonds. The van der Waals surface area contributed by atoms with Crippen LogP contribution in [0.15, 0.2) is 47.5 Å². The topological polar surface area (TPSA) is 85.9 Å². The molecule has 2 aromatic rings. The predicted molar refractivity (Wildman–Crippen MR) is 113 cm³/mol. The summed E-state index contributed by atoms with van der Waals surface area (Å²) < 4.78 is 34.9. The summed E-state index contributed by atoms with van der Waals surface area (Å²) in [6, 6.07) is 10.1. The number of carbonyl (C=O) groups excluding carboxylic acids is 1. The average molecular weight is 433 g/mol. The number of rotatable bonds is 4. The summed E-state index contributed by atoms with van der Waals surface area (Å²) in [5.74, 6) is 0.323. The Hall–Kier alpha value is -2.36. The first kappa shape index (κ1) is 20.9. The fraction of sp³-hybridized carbons (Fsp3) is 0.476. The Bertz CT molecular complexity index is 990. The Morgan fingerprint density at radius 2 is 1.93 bits per heavy atom. The van der Waals surface area contributed by atoms with Crippen LogP contribution < -0.4 is 4.74 Å². The monoisotopic (exact) mass is 432 g/mol. The maximum atomic E-state index is 13.5. The van der Waals surface area contributed by atoms with Gasteiger partial charge in [0.15, 0.2) is 0 Å². The number of aromatic amines is 1. The van der Waals surface area contributed by atoms with E-state index in [2.05, 4.69) is 4.98 Å². The number of likely N-dealkylation sites (tertiary alicyclic amines) is 1. The molecule has 1 N–H and O–H groups in total. The Labute approximate surface area is 177 Å². The number of carbonyl (C=O) groups is 1. The Balaban J connectivity index is 1.66. The van der Waals surface area contributed by atoms with Crippen molar-refractivity contribution < 1.29 is 17.9 Å². The van der Waals surface area contributed by atoms with Crippen molar-refractivity contribution in [3.63, 3.8) is 0 Å². The van der Waals surface area contributed by atoms with Crippen LogP contribution in [0.4, 0.5) is 0 Å². The van der Waals surface area contributed by atoms with E-state index in [1.807, 2.05) is 19.0 Å². The first-order valence-electron chi connectivity index (χ1n) is 10.2. The molecular formula is C21H28N4O4S. The molecule has 0 unspecified atom stereocenters. The van der Waals surface area contributed by atoms with Crippen LogP contribution in [0.5, 0.6) is 5.75 Å². The number of hydrogen-bond donors (Lipinski definition) is 1. The second-order valence-electron chi connectivity index (χ2n) is 8.04. The van der Waals surface area contributed by atoms with Gasteiger partial charge in [0.2, 0.25) is 10.0 Å². The van der Waals surface area contributed by atoms with Gasteiger partial charge in [0.25, 0.3) is 5.91 Å². The SMILES string of the molecule is CN(C)CCN1[C@@H]2CCN(C(=O)c3ccc[nH]3)CC[C@H]2Oc2ccccc2S1(=O)=O. The van der Waals surface area contributed by atoms with Crippen LogP contribution >= 0.6 is 0 Å². The van der Waals surface area contributed by atoms with Crippen LogP contribution in [0.3, 0.4) is 0 Å². The van der Waals surface area contributed by atoms with Crippen LogP contribution in [0.1, 0.15) is 23.3 Å². The van der Waals surface area contributed by atoms with E-state index in [4.69, 9.17) is 4.74 Å². The maximum Gasteiger partial charge on any atom is 0.270 e. The van der Waals surface area contributed by atoms with Crippen LogP contribution in [0, 0.1) is 0 Å². The average Bonchev–Trinajstić information content (AvgIpc) is 3.15. The molecule has 30 heavy (non-hydrogen) atoms. The fourth-order valence-electron chi connectivity index (χ4n) is 4.18. The summed E-state index contributed by atoms with van der Waals surface area (Å²) >= 11 is 0. The predicted octanol–water partition coefficient (Wildman–Crippen LogP) is 1.63. The molecule has 0 aliphatic carbocycles. The minimum absolute atomic E-state index is 0.0699. The number of amides is 1. The van der Waals surface area contributed by atoms with Crippen molar-refractivity contribution in [3.05, 3.63) is 48.3 Å². The number of H-pyrrole nitrogens is 1. The Kier molecular flexibility index (Phi) is 5.86. The van der Waals surface area contributed by atoms with Crippen LogP contribution in [-0.4, -0.2) is 85.8 Å². The summed E-state index contributed by atoms with van der Waals surface area (Å²) in [7, 11) is 0.143. The maximum absolute atomic E-state index is 13.5. The molecule has 0 radical (unpaired) electrons. The van der Waals surface area contributed by atoms with Gasteiger partial charge in [-0.2, -0.15) is 4.31 Å². The number of para-hydroxylation sites is 1. The Morgan fingerprint density at radius 1 is 1.17 bits per heavy atom. The normalized spacial score (nSPS) is 23.8. The molecule has 1 fully saturated rings. The number of nitrogens with one attached hydrogen (secondary N) is 1. The number of sulfonamides is 1. The van der Waals surface area contributed by atoms with E-state index in [1.165, 1.54) is 0 Å². The number of likely N-dealkylation sites (N-methyl/N-ethyl adjacent to an activating group) is 1. The van der Waals surface area contributed by atoms with E-state index < -0.39 is 10.0 Å². The van der Waals surface area contributed by atoms with Gasteiger partial charge in [0.05, 0.1) is 6.04 Å². The molecule has 2 aliphatic rings. The summed E-state index contributed by atoms with van der Waals surface area (Å²) in [6.07, 6.45) is 2.51. The number of fused-ring (bicyclic) bond motifs is 2. The molecule has 1 saturated heterocycles. The van der Waals surface area contributed by atoms with Crippen molar-refractivity contribution in [2.24, 2.45) is 0 Å². The van der Waals surface area contributed by atoms with Gasteiger partial charge in [-0.15, -0.1) is 0 Å². The molecule has 9 heteroatoms. The van der Waals surface area contributed by atoms with Crippen molar-refractivity contribution in [1.82, 2.24) is 19.1 Å². The van der Waals surface area contributed by atoms with Gasteiger partial charge in [0.1, 0.15) is 22.4 Å². The highest BCUT2D eigenvalue weighted by molar-refractivity contribution is 7.89. The molecule has 1 aromatic heterocycles. The molecule has 3 heterocycles. The summed E-state index contributed by atoms with van der Waals surface area (Å²) in [6.45, 7) is 1.98. The van der Waals surface area contributed by atoms with Gasteiger partial charge in [-0.3, -0.25) is 4.79 Å². The lowest BCUT2D eigenvalue weighted by atomic mass is 10.1. The van der Waals surface area contributed by atoms with Crippen molar-refractivity contribution in [3.8, 4) is 5.75 Å². The number of aromatic nitrogens is 1. The summed E-state index contributed by atoms with van der Waals surface area (Å²) in [4.78, 5) is 19.8. The number of hydrogen-bond acceptors (Lipinski definition) is 5. The molecular weight excluding hydrogens is 404 g/mol. The molecule has 2 aliphatic heterocycles. The summed E-state index contributed by atoms with van der Waals surface area (Å²) in [5.41, 5.74) is 0.542. The smallest absolute Gasteiger partial charge is 0.270 e. The van der Waals surface area contributed by atoms with Crippen molar-refractivity contribution in [2.45, 2.75) is 29.9 Å². The lowest BCUT2D eigenvalue weighted by Crippen LogP contribution is -2.49. The van der Waals surface area contributed by atoms with E-state index in [9.17, 15) is 13.2 Å². The van der Waals surface area contributed by atoms with E-state index in [1.54, 1.807) is 51.8 Å². The zero-order valence-corrected chi connectivity index (χ0v) is 18.1. The van der Waals surface area contributed by atoms with Gasteiger partial charge >= 0.3 is 0 Å². The molecule has 0 bridgehead atoms. The van der Waals surface area contributed by atoms with Crippen molar-refractivity contribution in [2.75, 3.05) is 40.3 Å². The van der Waals surface area contributed by atoms with Gasteiger partial charge in [-0.25, -0.2) is 8.42 Å². The molecule has 162 valence electrons. The van der Waals surface area contributed by atoms with Gasteiger partial charge in [-0.05, 0) is 44.8 Å². The highest BCUT2D eigenvalue weighted by Gasteiger charge is 2.43. The highest BCUT2D eigenvalue weighted by Crippen LogP contribution is 2.36. The third-order valence-corrected chi connectivity index (χ3v) is 7.74. The first-order chi connectivity index (χ1) is 14.4. The van der Waals surface area contributed by atoms with E-state index in [0.29, 0.717) is 50.5 Å². The number of nitrogens with zero attached hydrogens (tertiary/aromatic N) is 3. The second kappa shape index (κ2) is 8.41. The molecule has 4 rings (SSSR count). The van der Waals surface area contributed by atoms with Crippen molar-refractivity contribution >= 4 is 15.9 Å². The summed E-state index contributed by atoms with van der Waals surface area (Å²) in [5, 5.41) is 0. The van der Waals surface area contributed by atoms with Crippen LogP contribution in [0.25, 0.3) is 0 Å². The molecule has 8 nitrogen and oxygen atoms in total. The quantitative estimate of drug-likeness (QED) is 0.794. The molecule has 2 atom stereocenters. The minimum atomic E-state index is -3.71. The van der Waals surface area contributed by atoms with Crippen LogP contribution in [0.2, 0.25) is 0 Å². The van der Waals surface area contributed by atoms with Crippen LogP contribution in [-0.2, 0) is 10.0 Å². The van der Waals surface area contributed by atoms with E-state index in [-0.39, 0.29) is 22.9 Å². The first-order valence-corrected chi connectivity index (χ1v) is 11.7. The van der Waals surface area contributed by atoms with Gasteiger partial charge in [-0.1, -0.05) is 12.1 Å². The third kappa shape index (κ3) is 3.97. The van der Waals surface area contributed by atoms with Crippen molar-refractivity contribution in [1.29, 1.82) is 0 Å². The Morgan fingerprint density at radius 3 is 2.67 bits per heavy atom. The lowest BCUT2D eigenvalue weighted by molar-refractivity contribution is 0.0750. The zero-order valence-electron chi connectivity index (χ0n) is 17.3. The standard InChI is InChI=1S/C21H28N4O4S/c1-23(2)14-15-25-17-9-12-24(21(26)16-6-5-11-22-16)13-10-18(17)29-19-7-3-4-8-20(19)30(25,27)28/h3-8,11,17-18,22H,9-10,12-15H2,1-2H3/t17-,18-/m1/s1. The van der Waals surface area contributed by atoms with Gasteiger partial charge in [0, 0.05) is 38.8 Å².